The first-order valence-corrected chi connectivity index (χ1v) is 6.74. The molecule has 1 unspecified atom stereocenters. The van der Waals surface area contributed by atoms with Crippen LogP contribution in [0.4, 0.5) is 0 Å². The Morgan fingerprint density at radius 1 is 1.21 bits per heavy atom. The van der Waals surface area contributed by atoms with Crippen LogP contribution in [-0.2, 0) is 0 Å². The minimum Gasteiger partial charge on any atom is -0.494 e. The monoisotopic (exact) mass is 275 g/mol. The Balaban J connectivity index is 2.32. The number of halogens is 1. The first-order chi connectivity index (χ1) is 9.11. The number of aryl methyl sites for hydroxylation is 1. The van der Waals surface area contributed by atoms with Gasteiger partial charge in [-0.3, -0.25) is 0 Å². The van der Waals surface area contributed by atoms with Crippen molar-refractivity contribution < 1.29 is 4.74 Å². The molecule has 0 heterocycles. The van der Waals surface area contributed by atoms with Gasteiger partial charge in [-0.15, -0.1) is 0 Å². The van der Waals surface area contributed by atoms with Gasteiger partial charge in [0.25, 0.3) is 0 Å². The molecule has 0 saturated heterocycles. The lowest BCUT2D eigenvalue weighted by molar-refractivity contribution is 0.340. The predicted octanol–water partition coefficient (Wildman–Crippen LogP) is 4.10. The molecule has 0 saturated carbocycles. The molecular formula is C16H18ClNO. The first-order valence-electron chi connectivity index (χ1n) is 6.36. The number of hydrogen-bond acceptors (Lipinski definition) is 2. The van der Waals surface area contributed by atoms with Crippen molar-refractivity contribution in [1.29, 1.82) is 0 Å². The quantitative estimate of drug-likeness (QED) is 0.912. The smallest absolute Gasteiger partial charge is 0.119 e. The molecule has 19 heavy (non-hydrogen) atoms. The van der Waals surface area contributed by atoms with Gasteiger partial charge in [0.2, 0.25) is 0 Å². The van der Waals surface area contributed by atoms with Crippen molar-refractivity contribution in [3.05, 3.63) is 64.2 Å². The fourth-order valence-corrected chi connectivity index (χ4v) is 2.36. The number of hydrogen-bond donors (Lipinski definition) is 1. The van der Waals surface area contributed by atoms with Gasteiger partial charge in [-0.05, 0) is 54.8 Å². The van der Waals surface area contributed by atoms with Crippen LogP contribution in [0.25, 0.3) is 0 Å². The maximum atomic E-state index is 6.33. The van der Waals surface area contributed by atoms with Crippen LogP contribution in [0.3, 0.4) is 0 Å². The fraction of sp³-hybridized carbons (Fsp3) is 0.250. The molecule has 0 aliphatic carbocycles. The van der Waals surface area contributed by atoms with Gasteiger partial charge in [-0.25, -0.2) is 0 Å². The summed E-state index contributed by atoms with van der Waals surface area (Å²) < 4.78 is 5.51. The Labute approximate surface area is 119 Å². The molecule has 1 atom stereocenters. The van der Waals surface area contributed by atoms with Crippen LogP contribution < -0.4 is 10.5 Å². The molecule has 2 N–H and O–H groups in total. The van der Waals surface area contributed by atoms with Gasteiger partial charge in [0.1, 0.15) is 5.75 Å². The summed E-state index contributed by atoms with van der Waals surface area (Å²) in [6, 6.07) is 13.5. The highest BCUT2D eigenvalue weighted by atomic mass is 35.5. The third-order valence-corrected chi connectivity index (χ3v) is 3.33. The van der Waals surface area contributed by atoms with Crippen LogP contribution in [0.5, 0.6) is 5.75 Å². The SMILES string of the molecule is CCOc1cccc(C(N)c2ccc(Cl)cc2C)c1. The second kappa shape index (κ2) is 6.09. The van der Waals surface area contributed by atoms with Crippen molar-refractivity contribution in [1.82, 2.24) is 0 Å². The standard InChI is InChI=1S/C16H18ClNO/c1-3-19-14-6-4-5-12(10-14)16(18)15-8-7-13(17)9-11(15)2/h4-10,16H,3,18H2,1-2H3. The van der Waals surface area contributed by atoms with E-state index in [1.165, 1.54) is 0 Å². The Bertz CT molecular complexity index is 568. The zero-order chi connectivity index (χ0) is 13.8. The Kier molecular flexibility index (Phi) is 4.46. The fourth-order valence-electron chi connectivity index (χ4n) is 2.13. The number of nitrogens with two attached hydrogens (primary N) is 1. The summed E-state index contributed by atoms with van der Waals surface area (Å²) in [4.78, 5) is 0. The van der Waals surface area contributed by atoms with Gasteiger partial charge in [0.15, 0.2) is 0 Å². The molecule has 2 nitrogen and oxygen atoms in total. The molecule has 0 amide bonds. The third-order valence-electron chi connectivity index (χ3n) is 3.10. The van der Waals surface area contributed by atoms with E-state index in [0.717, 1.165) is 27.5 Å². The molecule has 0 fully saturated rings. The molecule has 0 spiro atoms. The van der Waals surface area contributed by atoms with Crippen LogP contribution in [-0.4, -0.2) is 6.61 Å². The molecule has 2 aromatic carbocycles. The molecule has 0 aliphatic heterocycles. The maximum Gasteiger partial charge on any atom is 0.119 e. The number of ether oxygens (including phenoxy) is 1. The molecule has 0 aromatic heterocycles. The van der Waals surface area contributed by atoms with Crippen molar-refractivity contribution in [3.63, 3.8) is 0 Å². The zero-order valence-electron chi connectivity index (χ0n) is 11.2. The van der Waals surface area contributed by atoms with E-state index < -0.39 is 0 Å². The van der Waals surface area contributed by atoms with Crippen LogP contribution in [0.15, 0.2) is 42.5 Å². The van der Waals surface area contributed by atoms with Crippen molar-refractivity contribution in [2.75, 3.05) is 6.61 Å². The van der Waals surface area contributed by atoms with E-state index >= 15 is 0 Å². The summed E-state index contributed by atoms with van der Waals surface area (Å²) in [5.74, 6) is 0.849. The normalized spacial score (nSPS) is 12.2. The summed E-state index contributed by atoms with van der Waals surface area (Å²) >= 11 is 5.97. The molecular weight excluding hydrogens is 258 g/mol. The number of rotatable bonds is 4. The molecule has 2 rings (SSSR count). The topological polar surface area (TPSA) is 35.2 Å². The molecule has 0 radical (unpaired) electrons. The summed E-state index contributed by atoms with van der Waals surface area (Å²) in [5, 5.41) is 0.733. The molecule has 0 bridgehead atoms. The van der Waals surface area contributed by atoms with Crippen molar-refractivity contribution >= 4 is 11.6 Å². The largest absolute Gasteiger partial charge is 0.494 e. The van der Waals surface area contributed by atoms with Gasteiger partial charge < -0.3 is 10.5 Å². The van der Waals surface area contributed by atoms with E-state index in [-0.39, 0.29) is 6.04 Å². The van der Waals surface area contributed by atoms with Crippen LogP contribution >= 0.6 is 11.6 Å². The van der Waals surface area contributed by atoms with E-state index in [0.29, 0.717) is 6.61 Å². The molecule has 3 heteroatoms. The lowest BCUT2D eigenvalue weighted by Crippen LogP contribution is -2.13. The van der Waals surface area contributed by atoms with Crippen LogP contribution in [0.2, 0.25) is 5.02 Å². The van der Waals surface area contributed by atoms with Gasteiger partial charge in [-0.1, -0.05) is 29.8 Å². The minimum atomic E-state index is -0.169. The molecule has 0 aliphatic rings. The van der Waals surface area contributed by atoms with Gasteiger partial charge >= 0.3 is 0 Å². The van der Waals surface area contributed by atoms with Crippen molar-refractivity contribution in [2.45, 2.75) is 19.9 Å². The highest BCUT2D eigenvalue weighted by Gasteiger charge is 2.12. The second-order valence-corrected chi connectivity index (χ2v) is 4.92. The summed E-state index contributed by atoms with van der Waals surface area (Å²) in [5.41, 5.74) is 9.55. The first kappa shape index (κ1) is 13.9. The second-order valence-electron chi connectivity index (χ2n) is 4.48. The van der Waals surface area contributed by atoms with E-state index in [2.05, 4.69) is 0 Å². The van der Waals surface area contributed by atoms with Crippen molar-refractivity contribution in [3.8, 4) is 5.75 Å². The minimum absolute atomic E-state index is 0.169. The van der Waals surface area contributed by atoms with E-state index in [9.17, 15) is 0 Å². The average Bonchev–Trinajstić information content (AvgIpc) is 2.39. The maximum absolute atomic E-state index is 6.33. The summed E-state index contributed by atoms with van der Waals surface area (Å²) in [6.07, 6.45) is 0. The Morgan fingerprint density at radius 3 is 2.68 bits per heavy atom. The number of benzene rings is 2. The summed E-state index contributed by atoms with van der Waals surface area (Å²) in [6.45, 7) is 4.64. The van der Waals surface area contributed by atoms with E-state index in [1.54, 1.807) is 0 Å². The highest BCUT2D eigenvalue weighted by Crippen LogP contribution is 2.27. The Morgan fingerprint density at radius 2 is 2.00 bits per heavy atom. The lowest BCUT2D eigenvalue weighted by Gasteiger charge is -2.16. The predicted molar refractivity (Wildman–Crippen MR) is 79.8 cm³/mol. The average molecular weight is 276 g/mol. The van der Waals surface area contributed by atoms with Crippen LogP contribution in [0, 0.1) is 6.92 Å². The molecule has 100 valence electrons. The van der Waals surface area contributed by atoms with Gasteiger partial charge in [0, 0.05) is 5.02 Å². The summed E-state index contributed by atoms with van der Waals surface area (Å²) in [7, 11) is 0. The third kappa shape index (κ3) is 3.28. The highest BCUT2D eigenvalue weighted by molar-refractivity contribution is 6.30. The Hall–Kier alpha value is -1.51. The van der Waals surface area contributed by atoms with Gasteiger partial charge in [-0.2, -0.15) is 0 Å². The molecule has 2 aromatic rings. The van der Waals surface area contributed by atoms with E-state index in [1.807, 2.05) is 56.3 Å². The van der Waals surface area contributed by atoms with E-state index in [4.69, 9.17) is 22.1 Å². The lowest BCUT2D eigenvalue weighted by atomic mass is 9.96. The van der Waals surface area contributed by atoms with Crippen LogP contribution in [0.1, 0.15) is 29.7 Å². The zero-order valence-corrected chi connectivity index (χ0v) is 11.9. The van der Waals surface area contributed by atoms with Gasteiger partial charge in [0.05, 0.1) is 12.6 Å². The van der Waals surface area contributed by atoms with Crippen molar-refractivity contribution in [2.24, 2.45) is 5.73 Å².